The van der Waals surface area contributed by atoms with Gasteiger partial charge in [-0.25, -0.2) is 17.5 Å². The van der Waals surface area contributed by atoms with Crippen LogP contribution in [-0.4, -0.2) is 25.7 Å². The smallest absolute Gasteiger partial charge is 0.241 e. The van der Waals surface area contributed by atoms with E-state index in [1.54, 1.807) is 0 Å². The van der Waals surface area contributed by atoms with E-state index in [9.17, 15) is 17.9 Å². The highest BCUT2D eigenvalue weighted by Gasteiger charge is 2.28. The monoisotopic (exact) mass is 288 g/mol. The number of hydrogen-bond donors (Lipinski definition) is 3. The third kappa shape index (κ3) is 3.43. The van der Waals surface area contributed by atoms with Crippen LogP contribution in [0.5, 0.6) is 0 Å². The standard InChI is InChI=1S/C12H17FN2O3S/c13-8-5-9(14)7-10(6-8)19(17,18)15-11-3-1-2-4-12(11)16/h5-7,11-12,15-16H,1-4,14H2/t11-,12-/m0/s1. The van der Waals surface area contributed by atoms with Crippen LogP contribution in [0, 0.1) is 5.82 Å². The number of nitrogens with one attached hydrogen (secondary N) is 1. The number of anilines is 1. The topological polar surface area (TPSA) is 92.4 Å². The summed E-state index contributed by atoms with van der Waals surface area (Å²) in [6.07, 6.45) is 2.18. The highest BCUT2D eigenvalue weighted by atomic mass is 32.2. The van der Waals surface area contributed by atoms with Crippen LogP contribution in [0.15, 0.2) is 23.1 Å². The van der Waals surface area contributed by atoms with Crippen LogP contribution in [0.1, 0.15) is 25.7 Å². The van der Waals surface area contributed by atoms with E-state index in [1.807, 2.05) is 0 Å². The van der Waals surface area contributed by atoms with Crippen molar-refractivity contribution in [1.29, 1.82) is 0 Å². The van der Waals surface area contributed by atoms with Crippen LogP contribution in [0.3, 0.4) is 0 Å². The quantitative estimate of drug-likeness (QED) is 0.723. The Hall–Kier alpha value is -1.18. The summed E-state index contributed by atoms with van der Waals surface area (Å²) >= 11 is 0. The molecule has 0 heterocycles. The minimum Gasteiger partial charge on any atom is -0.399 e. The van der Waals surface area contributed by atoms with Crippen molar-refractivity contribution in [3.05, 3.63) is 24.0 Å². The molecule has 1 saturated carbocycles. The molecule has 2 rings (SSSR count). The molecular formula is C12H17FN2O3S. The van der Waals surface area contributed by atoms with Gasteiger partial charge in [0.25, 0.3) is 0 Å². The van der Waals surface area contributed by atoms with Gasteiger partial charge in [-0.3, -0.25) is 0 Å². The largest absolute Gasteiger partial charge is 0.399 e. The number of nitrogen functional groups attached to an aromatic ring is 1. The van der Waals surface area contributed by atoms with Crippen LogP contribution in [0.2, 0.25) is 0 Å². The van der Waals surface area contributed by atoms with Gasteiger partial charge in [0, 0.05) is 11.7 Å². The lowest BCUT2D eigenvalue weighted by atomic mass is 9.93. The number of hydrogen-bond acceptors (Lipinski definition) is 4. The number of aliphatic hydroxyl groups excluding tert-OH is 1. The van der Waals surface area contributed by atoms with Crippen LogP contribution in [0.4, 0.5) is 10.1 Å². The molecule has 0 radical (unpaired) electrons. The second-order valence-corrected chi connectivity index (χ2v) is 6.51. The van der Waals surface area contributed by atoms with Crippen molar-refractivity contribution >= 4 is 15.7 Å². The summed E-state index contributed by atoms with van der Waals surface area (Å²) in [5, 5.41) is 9.76. The molecule has 5 nitrogen and oxygen atoms in total. The Balaban J connectivity index is 2.22. The average molecular weight is 288 g/mol. The van der Waals surface area contributed by atoms with Gasteiger partial charge in [0.05, 0.1) is 11.0 Å². The van der Waals surface area contributed by atoms with E-state index in [1.165, 1.54) is 6.07 Å². The van der Waals surface area contributed by atoms with E-state index in [2.05, 4.69) is 4.72 Å². The van der Waals surface area contributed by atoms with Crippen molar-refractivity contribution in [2.75, 3.05) is 5.73 Å². The molecule has 1 aliphatic rings. The second kappa shape index (κ2) is 5.44. The maximum absolute atomic E-state index is 13.2. The van der Waals surface area contributed by atoms with Gasteiger partial charge in [-0.2, -0.15) is 0 Å². The van der Waals surface area contributed by atoms with Crippen molar-refractivity contribution in [2.24, 2.45) is 0 Å². The van der Waals surface area contributed by atoms with Crippen LogP contribution in [-0.2, 0) is 10.0 Å². The third-order valence-corrected chi connectivity index (χ3v) is 4.71. The first-order chi connectivity index (χ1) is 8.88. The lowest BCUT2D eigenvalue weighted by Crippen LogP contribution is -2.44. The normalized spacial score (nSPS) is 24.3. The molecule has 0 unspecified atom stereocenters. The number of sulfonamides is 1. The van der Waals surface area contributed by atoms with E-state index in [0.29, 0.717) is 12.8 Å². The third-order valence-electron chi connectivity index (χ3n) is 3.24. The SMILES string of the molecule is Nc1cc(F)cc(S(=O)(=O)N[C@H]2CCCC[C@@H]2O)c1. The van der Waals surface area contributed by atoms with Crippen molar-refractivity contribution in [2.45, 2.75) is 42.7 Å². The fraction of sp³-hybridized carbons (Fsp3) is 0.500. The van der Waals surface area contributed by atoms with E-state index in [-0.39, 0.29) is 10.6 Å². The first-order valence-electron chi connectivity index (χ1n) is 6.15. The van der Waals surface area contributed by atoms with Crippen molar-refractivity contribution in [3.63, 3.8) is 0 Å². The molecule has 2 atom stereocenters. The van der Waals surface area contributed by atoms with Crippen LogP contribution in [0.25, 0.3) is 0 Å². The van der Waals surface area contributed by atoms with Gasteiger partial charge < -0.3 is 10.8 Å². The number of aliphatic hydroxyl groups is 1. The van der Waals surface area contributed by atoms with Gasteiger partial charge in [-0.15, -0.1) is 0 Å². The van der Waals surface area contributed by atoms with E-state index < -0.39 is 28.0 Å². The summed E-state index contributed by atoms with van der Waals surface area (Å²) in [5.74, 6) is -0.704. The average Bonchev–Trinajstić information content (AvgIpc) is 2.31. The Bertz CT molecular complexity index is 542. The van der Waals surface area contributed by atoms with Crippen molar-refractivity contribution < 1.29 is 17.9 Å². The predicted molar refractivity (Wildman–Crippen MR) is 69.4 cm³/mol. The molecule has 7 heteroatoms. The van der Waals surface area contributed by atoms with Crippen LogP contribution >= 0.6 is 0 Å². The van der Waals surface area contributed by atoms with Gasteiger partial charge in [-0.1, -0.05) is 12.8 Å². The Labute approximate surface area is 111 Å². The fourth-order valence-corrected chi connectivity index (χ4v) is 3.62. The molecule has 1 aromatic rings. The summed E-state index contributed by atoms with van der Waals surface area (Å²) in [7, 11) is -3.87. The lowest BCUT2D eigenvalue weighted by Gasteiger charge is -2.28. The summed E-state index contributed by atoms with van der Waals surface area (Å²) in [5.41, 5.74) is 5.48. The Morgan fingerprint density at radius 1 is 1.26 bits per heavy atom. The Morgan fingerprint density at radius 2 is 1.95 bits per heavy atom. The Kier molecular flexibility index (Phi) is 4.07. The summed E-state index contributed by atoms with van der Waals surface area (Å²) in [4.78, 5) is -0.220. The molecule has 1 aliphatic carbocycles. The summed E-state index contributed by atoms with van der Waals surface area (Å²) in [6.45, 7) is 0. The van der Waals surface area contributed by atoms with Crippen molar-refractivity contribution in [3.8, 4) is 0 Å². The molecule has 0 aromatic heterocycles. The highest BCUT2D eigenvalue weighted by molar-refractivity contribution is 7.89. The van der Waals surface area contributed by atoms with Crippen LogP contribution < -0.4 is 10.5 Å². The number of halogens is 1. The molecular weight excluding hydrogens is 271 g/mol. The molecule has 0 saturated heterocycles. The van der Waals surface area contributed by atoms with Gasteiger partial charge in [0.15, 0.2) is 0 Å². The maximum atomic E-state index is 13.2. The number of benzene rings is 1. The molecule has 106 valence electrons. The lowest BCUT2D eigenvalue weighted by molar-refractivity contribution is 0.101. The first kappa shape index (κ1) is 14.2. The number of nitrogens with two attached hydrogens (primary N) is 1. The van der Waals surface area contributed by atoms with Gasteiger partial charge >= 0.3 is 0 Å². The minimum absolute atomic E-state index is 0.0459. The fourth-order valence-electron chi connectivity index (χ4n) is 2.26. The zero-order valence-electron chi connectivity index (χ0n) is 10.3. The molecule has 4 N–H and O–H groups in total. The van der Waals surface area contributed by atoms with Gasteiger partial charge in [-0.05, 0) is 31.0 Å². The van der Waals surface area contributed by atoms with Gasteiger partial charge in [0.2, 0.25) is 10.0 Å². The van der Waals surface area contributed by atoms with E-state index in [0.717, 1.165) is 25.0 Å². The van der Waals surface area contributed by atoms with E-state index >= 15 is 0 Å². The van der Waals surface area contributed by atoms with E-state index in [4.69, 9.17) is 5.73 Å². The second-order valence-electron chi connectivity index (χ2n) is 4.80. The van der Waals surface area contributed by atoms with Gasteiger partial charge in [0.1, 0.15) is 5.82 Å². The molecule has 0 aliphatic heterocycles. The first-order valence-corrected chi connectivity index (χ1v) is 7.63. The predicted octanol–water partition coefficient (Wildman–Crippen LogP) is 0.990. The molecule has 1 fully saturated rings. The van der Waals surface area contributed by atoms with Crippen molar-refractivity contribution in [1.82, 2.24) is 4.72 Å². The molecule has 19 heavy (non-hydrogen) atoms. The minimum atomic E-state index is -3.87. The highest BCUT2D eigenvalue weighted by Crippen LogP contribution is 2.22. The maximum Gasteiger partial charge on any atom is 0.241 e. The molecule has 1 aromatic carbocycles. The zero-order chi connectivity index (χ0) is 14.0. The zero-order valence-corrected chi connectivity index (χ0v) is 11.2. The molecule has 0 bridgehead atoms. The number of rotatable bonds is 3. The Morgan fingerprint density at radius 3 is 2.58 bits per heavy atom. The summed E-state index contributed by atoms with van der Waals surface area (Å²) in [6, 6.07) is 2.63. The summed E-state index contributed by atoms with van der Waals surface area (Å²) < 4.78 is 39.8. The molecule has 0 amide bonds. The molecule has 0 spiro atoms.